The van der Waals surface area contributed by atoms with Crippen LogP contribution in [0.2, 0.25) is 0 Å². The van der Waals surface area contributed by atoms with E-state index >= 15 is 0 Å². The SMILES string of the molecule is COc1ccc2c(C)[n+]3c(cc2c1OC)CCC3.[O-][Cl+3]([O-])([O-])[O-]. The third-order valence-electron chi connectivity index (χ3n) is 3.85. The van der Waals surface area contributed by atoms with Gasteiger partial charge >= 0.3 is 0 Å². The molecule has 23 heavy (non-hydrogen) atoms. The van der Waals surface area contributed by atoms with E-state index in [9.17, 15) is 0 Å². The fourth-order valence-electron chi connectivity index (χ4n) is 2.95. The second-order valence-electron chi connectivity index (χ2n) is 5.12. The molecule has 126 valence electrons. The van der Waals surface area contributed by atoms with Gasteiger partial charge in [0, 0.05) is 31.2 Å². The number of rotatable bonds is 2. The van der Waals surface area contributed by atoms with Crippen LogP contribution < -0.4 is 32.7 Å². The number of nitrogens with zero attached hydrogens (tertiary/aromatic N) is 1. The van der Waals surface area contributed by atoms with Crippen molar-refractivity contribution in [2.75, 3.05) is 14.2 Å². The van der Waals surface area contributed by atoms with Gasteiger partial charge in [-0.25, -0.2) is 18.6 Å². The first-order valence-electron chi connectivity index (χ1n) is 6.95. The minimum absolute atomic E-state index is 0.798. The summed E-state index contributed by atoms with van der Waals surface area (Å²) in [5, 5.41) is 2.40. The monoisotopic (exact) mass is 343 g/mol. The van der Waals surface area contributed by atoms with Crippen LogP contribution in [0.1, 0.15) is 17.8 Å². The van der Waals surface area contributed by atoms with Crippen LogP contribution in [-0.2, 0) is 13.0 Å². The molecule has 3 rings (SSSR count). The van der Waals surface area contributed by atoms with Gasteiger partial charge in [0.2, 0.25) is 0 Å². The largest absolute Gasteiger partial charge is 0.493 e. The summed E-state index contributed by atoms with van der Waals surface area (Å²) >= 11 is 0. The van der Waals surface area contributed by atoms with E-state index in [1.807, 2.05) is 6.07 Å². The maximum atomic E-state index is 8.49. The van der Waals surface area contributed by atoms with Crippen molar-refractivity contribution in [1.29, 1.82) is 0 Å². The number of fused-ring (bicyclic) bond motifs is 2. The number of benzene rings is 1. The fraction of sp³-hybridized carbons (Fsp3) is 0.400. The predicted octanol–water partition coefficient (Wildman–Crippen LogP) is -2.36. The van der Waals surface area contributed by atoms with Crippen LogP contribution >= 0.6 is 0 Å². The van der Waals surface area contributed by atoms with Crippen molar-refractivity contribution < 1.29 is 42.9 Å². The topological polar surface area (TPSA) is 115 Å². The van der Waals surface area contributed by atoms with Gasteiger partial charge in [0.25, 0.3) is 0 Å². The molecule has 0 bridgehead atoms. The van der Waals surface area contributed by atoms with Gasteiger partial charge in [-0.3, -0.25) is 0 Å². The number of hydrogen-bond acceptors (Lipinski definition) is 6. The summed E-state index contributed by atoms with van der Waals surface area (Å²) in [6, 6.07) is 6.35. The minimum atomic E-state index is -4.94. The molecule has 0 spiro atoms. The van der Waals surface area contributed by atoms with Crippen LogP contribution in [-0.4, -0.2) is 14.2 Å². The molecule has 0 unspecified atom stereocenters. The lowest BCUT2D eigenvalue weighted by molar-refractivity contribution is -2.00. The normalized spacial score (nSPS) is 13.3. The van der Waals surface area contributed by atoms with E-state index < -0.39 is 10.2 Å². The van der Waals surface area contributed by atoms with Gasteiger partial charge in [-0.05, 0) is 12.1 Å². The van der Waals surface area contributed by atoms with Crippen molar-refractivity contribution in [3.63, 3.8) is 0 Å². The van der Waals surface area contributed by atoms with E-state index in [1.54, 1.807) is 14.2 Å². The quantitative estimate of drug-likeness (QED) is 0.564. The van der Waals surface area contributed by atoms with E-state index in [0.717, 1.165) is 29.9 Å². The highest BCUT2D eigenvalue weighted by molar-refractivity contribution is 5.91. The van der Waals surface area contributed by atoms with Crippen LogP contribution in [0.3, 0.4) is 0 Å². The Morgan fingerprint density at radius 1 is 1.04 bits per heavy atom. The molecule has 0 aliphatic carbocycles. The molecular weight excluding hydrogens is 326 g/mol. The van der Waals surface area contributed by atoms with Crippen molar-refractivity contribution in [3.8, 4) is 11.5 Å². The smallest absolute Gasteiger partial charge is 0.186 e. The van der Waals surface area contributed by atoms with Crippen molar-refractivity contribution in [1.82, 2.24) is 0 Å². The van der Waals surface area contributed by atoms with E-state index in [-0.39, 0.29) is 0 Å². The molecule has 1 aromatic heterocycles. The molecule has 2 aromatic rings. The average molecular weight is 344 g/mol. The van der Waals surface area contributed by atoms with Crippen molar-refractivity contribution >= 4 is 10.8 Å². The number of methoxy groups -OCH3 is 2. The molecule has 7 nitrogen and oxygen atoms in total. The molecule has 0 N–H and O–H groups in total. The highest BCUT2D eigenvalue weighted by Crippen LogP contribution is 2.36. The van der Waals surface area contributed by atoms with Crippen LogP contribution in [0, 0.1) is 17.2 Å². The highest BCUT2D eigenvalue weighted by Gasteiger charge is 2.25. The molecule has 2 heterocycles. The summed E-state index contributed by atoms with van der Waals surface area (Å²) < 4.78 is 47.3. The summed E-state index contributed by atoms with van der Waals surface area (Å²) in [6.45, 7) is 3.31. The average Bonchev–Trinajstić information content (AvgIpc) is 2.93. The van der Waals surface area contributed by atoms with Crippen molar-refractivity contribution in [2.24, 2.45) is 0 Å². The van der Waals surface area contributed by atoms with Gasteiger partial charge in [-0.2, -0.15) is 4.57 Å². The first kappa shape index (κ1) is 17.7. The maximum Gasteiger partial charge on any atom is 0.186 e. The standard InChI is InChI=1S/C15H18NO2.ClHO4/c1-10-12-6-7-14(17-2)15(18-3)13(12)9-11-5-4-8-16(10)11;2-1(3,4)5/h6-7,9H,4-5,8H2,1-3H3;(H,2,3,4,5)/q+1;/p-1. The summed E-state index contributed by atoms with van der Waals surface area (Å²) in [7, 11) is -1.56. The number of aromatic nitrogens is 1. The van der Waals surface area contributed by atoms with Gasteiger partial charge in [0.1, 0.15) is 6.54 Å². The predicted molar refractivity (Wildman–Crippen MR) is 70.3 cm³/mol. The molecule has 0 atom stereocenters. The lowest BCUT2D eigenvalue weighted by Crippen LogP contribution is -2.68. The van der Waals surface area contributed by atoms with Gasteiger partial charge < -0.3 is 9.47 Å². The molecule has 1 aromatic carbocycles. The fourth-order valence-corrected chi connectivity index (χ4v) is 2.95. The lowest BCUT2D eigenvalue weighted by Gasteiger charge is -2.17. The zero-order chi connectivity index (χ0) is 17.2. The number of pyridine rings is 1. The third kappa shape index (κ3) is 4.01. The van der Waals surface area contributed by atoms with Crippen LogP contribution in [0.15, 0.2) is 18.2 Å². The highest BCUT2D eigenvalue weighted by atomic mass is 35.7. The van der Waals surface area contributed by atoms with Gasteiger partial charge in [0.05, 0.1) is 19.6 Å². The zero-order valence-corrected chi connectivity index (χ0v) is 13.9. The van der Waals surface area contributed by atoms with Crippen LogP contribution in [0.5, 0.6) is 11.5 Å². The molecular formula is C15H18ClNO6. The van der Waals surface area contributed by atoms with E-state index in [2.05, 4.69) is 23.6 Å². The molecule has 8 heteroatoms. The Labute approximate surface area is 136 Å². The Kier molecular flexibility index (Phi) is 5.28. The first-order chi connectivity index (χ1) is 10.8. The van der Waals surface area contributed by atoms with E-state index in [4.69, 9.17) is 28.1 Å². The summed E-state index contributed by atoms with van der Waals surface area (Å²) in [5.74, 6) is 1.64. The maximum absolute atomic E-state index is 8.49. The second-order valence-corrected chi connectivity index (χ2v) is 5.87. The Morgan fingerprint density at radius 3 is 2.26 bits per heavy atom. The first-order valence-corrected chi connectivity index (χ1v) is 8.18. The molecule has 0 fully saturated rings. The summed E-state index contributed by atoms with van der Waals surface area (Å²) in [6.07, 6.45) is 2.38. The Bertz CT molecular complexity index is 707. The molecule has 1 aliphatic rings. The number of halogens is 1. The van der Waals surface area contributed by atoms with Gasteiger partial charge in [-0.15, -0.1) is 10.2 Å². The zero-order valence-electron chi connectivity index (χ0n) is 13.1. The number of hydrogen-bond donors (Lipinski definition) is 0. The van der Waals surface area contributed by atoms with E-state index in [0.29, 0.717) is 0 Å². The van der Waals surface area contributed by atoms with Crippen molar-refractivity contribution in [2.45, 2.75) is 26.3 Å². The molecule has 0 saturated heterocycles. The summed E-state index contributed by atoms with van der Waals surface area (Å²) in [5.41, 5.74) is 2.72. The second kappa shape index (κ2) is 6.86. The van der Waals surface area contributed by atoms with Crippen molar-refractivity contribution in [3.05, 3.63) is 29.6 Å². The summed E-state index contributed by atoms with van der Waals surface area (Å²) in [4.78, 5) is 0. The molecule has 1 aliphatic heterocycles. The third-order valence-corrected chi connectivity index (χ3v) is 3.85. The lowest BCUT2D eigenvalue weighted by atomic mass is 10.1. The van der Waals surface area contributed by atoms with E-state index in [1.165, 1.54) is 23.2 Å². The molecule has 0 saturated carbocycles. The number of aryl methyl sites for hydroxylation is 2. The Morgan fingerprint density at radius 2 is 1.70 bits per heavy atom. The van der Waals surface area contributed by atoms with Gasteiger partial charge in [-0.1, -0.05) is 0 Å². The Hall–Kier alpha value is -1.64. The molecule has 0 radical (unpaired) electrons. The Balaban J connectivity index is 0.000000338. The van der Waals surface area contributed by atoms with Crippen LogP contribution in [0.4, 0.5) is 0 Å². The minimum Gasteiger partial charge on any atom is -0.493 e. The van der Waals surface area contributed by atoms with Crippen LogP contribution in [0.25, 0.3) is 10.8 Å². The molecule has 0 amide bonds. The van der Waals surface area contributed by atoms with Gasteiger partial charge in [0.15, 0.2) is 22.9 Å². The number of ether oxygens (including phenoxy) is 2.